The number of ether oxygens (including phenoxy) is 1. The maximum atomic E-state index is 5.33. The minimum atomic E-state index is 0.561. The highest BCUT2D eigenvalue weighted by Crippen LogP contribution is 2.51. The second-order valence-corrected chi connectivity index (χ2v) is 5.65. The standard InChI is InChI=1S/C12H15BrOS/c1-14-10-4-2-3-5-11(10)15-9-12(8-13)6-7-12/h2-5H,6-9H2,1H3. The first-order valence-electron chi connectivity index (χ1n) is 5.11. The molecule has 0 amide bonds. The molecule has 0 aromatic heterocycles. The van der Waals surface area contributed by atoms with E-state index in [1.165, 1.54) is 23.5 Å². The zero-order valence-electron chi connectivity index (χ0n) is 8.83. The fraction of sp³-hybridized carbons (Fsp3) is 0.500. The Morgan fingerprint density at radius 2 is 2.13 bits per heavy atom. The van der Waals surface area contributed by atoms with Gasteiger partial charge < -0.3 is 4.74 Å². The average Bonchev–Trinajstić information content (AvgIpc) is 3.07. The zero-order valence-corrected chi connectivity index (χ0v) is 11.2. The fourth-order valence-corrected chi connectivity index (χ4v) is 3.80. The summed E-state index contributed by atoms with van der Waals surface area (Å²) in [5, 5.41) is 1.13. The van der Waals surface area contributed by atoms with Crippen molar-refractivity contribution in [2.45, 2.75) is 17.7 Å². The summed E-state index contributed by atoms with van der Waals surface area (Å²) in [7, 11) is 1.73. The number of benzene rings is 1. The number of hydrogen-bond donors (Lipinski definition) is 0. The molecule has 0 saturated heterocycles. The van der Waals surface area contributed by atoms with Crippen LogP contribution >= 0.6 is 27.7 Å². The molecule has 0 unspecified atom stereocenters. The molecule has 3 heteroatoms. The molecule has 0 N–H and O–H groups in total. The van der Waals surface area contributed by atoms with E-state index >= 15 is 0 Å². The highest BCUT2D eigenvalue weighted by Gasteiger charge is 2.41. The van der Waals surface area contributed by atoms with Gasteiger partial charge in [-0.3, -0.25) is 0 Å². The molecule has 1 fully saturated rings. The molecule has 82 valence electrons. The first kappa shape index (κ1) is 11.3. The van der Waals surface area contributed by atoms with E-state index in [1.54, 1.807) is 7.11 Å². The topological polar surface area (TPSA) is 9.23 Å². The van der Waals surface area contributed by atoms with Crippen LogP contribution < -0.4 is 4.74 Å². The smallest absolute Gasteiger partial charge is 0.132 e. The molecule has 1 nitrogen and oxygen atoms in total. The Morgan fingerprint density at radius 3 is 2.73 bits per heavy atom. The highest BCUT2D eigenvalue weighted by atomic mass is 79.9. The van der Waals surface area contributed by atoms with Crippen LogP contribution in [0.4, 0.5) is 0 Å². The van der Waals surface area contributed by atoms with Gasteiger partial charge in [0.15, 0.2) is 0 Å². The van der Waals surface area contributed by atoms with Crippen LogP contribution in [0.3, 0.4) is 0 Å². The first-order chi connectivity index (χ1) is 7.29. The predicted molar refractivity (Wildman–Crippen MR) is 69.2 cm³/mol. The molecule has 1 aromatic rings. The van der Waals surface area contributed by atoms with Crippen molar-refractivity contribution in [3.05, 3.63) is 24.3 Å². The summed E-state index contributed by atoms with van der Waals surface area (Å²) in [5.74, 6) is 2.19. The monoisotopic (exact) mass is 286 g/mol. The summed E-state index contributed by atoms with van der Waals surface area (Å²) in [6.45, 7) is 0. The van der Waals surface area contributed by atoms with Gasteiger partial charge >= 0.3 is 0 Å². The van der Waals surface area contributed by atoms with Crippen LogP contribution in [-0.4, -0.2) is 18.2 Å². The first-order valence-corrected chi connectivity index (χ1v) is 7.22. The normalized spacial score (nSPS) is 17.5. The predicted octanol–water partition coefficient (Wildman–Crippen LogP) is 3.96. The summed E-state index contributed by atoms with van der Waals surface area (Å²) in [6, 6.07) is 8.24. The molecule has 0 heterocycles. The van der Waals surface area contributed by atoms with E-state index < -0.39 is 0 Å². The molecular formula is C12H15BrOS. The largest absolute Gasteiger partial charge is 0.496 e. The Hall–Kier alpha value is -0.150. The second-order valence-electron chi connectivity index (χ2n) is 4.07. The van der Waals surface area contributed by atoms with Gasteiger partial charge in [-0.1, -0.05) is 28.1 Å². The van der Waals surface area contributed by atoms with Crippen LogP contribution in [0.25, 0.3) is 0 Å². The van der Waals surface area contributed by atoms with E-state index in [1.807, 2.05) is 23.9 Å². The van der Waals surface area contributed by atoms with Crippen LogP contribution in [0.15, 0.2) is 29.2 Å². The Bertz CT molecular complexity index is 336. The fourth-order valence-electron chi connectivity index (χ4n) is 1.46. The summed E-state index contributed by atoms with van der Waals surface area (Å²) in [6.07, 6.45) is 2.72. The van der Waals surface area contributed by atoms with Crippen LogP contribution in [0.2, 0.25) is 0 Å². The third-order valence-corrected chi connectivity index (χ3v) is 5.44. The van der Waals surface area contributed by atoms with Crippen molar-refractivity contribution in [2.24, 2.45) is 5.41 Å². The molecule has 2 rings (SSSR count). The van der Waals surface area contributed by atoms with E-state index in [-0.39, 0.29) is 0 Å². The van der Waals surface area contributed by atoms with Gasteiger partial charge in [0.05, 0.1) is 7.11 Å². The molecule has 0 bridgehead atoms. The van der Waals surface area contributed by atoms with Gasteiger partial charge in [-0.15, -0.1) is 11.8 Å². The minimum absolute atomic E-state index is 0.561. The summed E-state index contributed by atoms with van der Waals surface area (Å²) < 4.78 is 5.33. The Balaban J connectivity index is 1.98. The molecular weight excluding hydrogens is 272 g/mol. The third-order valence-electron chi connectivity index (χ3n) is 2.84. The zero-order chi connectivity index (χ0) is 10.7. The van der Waals surface area contributed by atoms with E-state index in [0.717, 1.165) is 11.1 Å². The van der Waals surface area contributed by atoms with Crippen LogP contribution in [0, 0.1) is 5.41 Å². The third kappa shape index (κ3) is 2.70. The van der Waals surface area contributed by atoms with E-state index in [9.17, 15) is 0 Å². The van der Waals surface area contributed by atoms with Gasteiger partial charge in [-0.05, 0) is 30.4 Å². The Morgan fingerprint density at radius 1 is 1.40 bits per heavy atom. The van der Waals surface area contributed by atoms with Gasteiger partial charge in [0.25, 0.3) is 0 Å². The Kier molecular flexibility index (Phi) is 3.62. The summed E-state index contributed by atoms with van der Waals surface area (Å²) >= 11 is 5.51. The van der Waals surface area contributed by atoms with Crippen molar-refractivity contribution in [3.8, 4) is 5.75 Å². The van der Waals surface area contributed by atoms with E-state index in [4.69, 9.17) is 4.74 Å². The van der Waals surface area contributed by atoms with Gasteiger partial charge in [0.2, 0.25) is 0 Å². The number of methoxy groups -OCH3 is 1. The van der Waals surface area contributed by atoms with Crippen molar-refractivity contribution in [1.29, 1.82) is 0 Å². The average molecular weight is 287 g/mol. The van der Waals surface area contributed by atoms with Gasteiger partial charge in [-0.25, -0.2) is 0 Å². The number of halogens is 1. The van der Waals surface area contributed by atoms with E-state index in [0.29, 0.717) is 5.41 Å². The molecule has 0 atom stereocenters. The number of para-hydroxylation sites is 1. The lowest BCUT2D eigenvalue weighted by molar-refractivity contribution is 0.405. The number of alkyl halides is 1. The van der Waals surface area contributed by atoms with Crippen LogP contribution in [0.1, 0.15) is 12.8 Å². The van der Waals surface area contributed by atoms with Crippen LogP contribution in [0.5, 0.6) is 5.75 Å². The lowest BCUT2D eigenvalue weighted by Gasteiger charge is -2.12. The van der Waals surface area contributed by atoms with Crippen molar-refractivity contribution < 1.29 is 4.74 Å². The summed E-state index contributed by atoms with van der Waals surface area (Å²) in [5.41, 5.74) is 0.561. The van der Waals surface area contributed by atoms with Gasteiger partial charge in [0, 0.05) is 16.0 Å². The molecule has 0 aliphatic heterocycles. The number of thioether (sulfide) groups is 1. The second kappa shape index (κ2) is 4.79. The molecule has 0 spiro atoms. The molecule has 1 aliphatic rings. The maximum absolute atomic E-state index is 5.33. The Labute approximate surface area is 104 Å². The van der Waals surface area contributed by atoms with E-state index in [2.05, 4.69) is 28.1 Å². The van der Waals surface area contributed by atoms with Crippen molar-refractivity contribution in [1.82, 2.24) is 0 Å². The summed E-state index contributed by atoms with van der Waals surface area (Å²) in [4.78, 5) is 1.26. The minimum Gasteiger partial charge on any atom is -0.496 e. The van der Waals surface area contributed by atoms with Crippen molar-refractivity contribution in [3.63, 3.8) is 0 Å². The van der Waals surface area contributed by atoms with Gasteiger partial charge in [-0.2, -0.15) is 0 Å². The lowest BCUT2D eigenvalue weighted by Crippen LogP contribution is -2.05. The quantitative estimate of drug-likeness (QED) is 0.599. The lowest BCUT2D eigenvalue weighted by atomic mass is 10.2. The van der Waals surface area contributed by atoms with Gasteiger partial charge in [0.1, 0.15) is 5.75 Å². The molecule has 0 radical (unpaired) electrons. The molecule has 1 saturated carbocycles. The number of rotatable bonds is 5. The maximum Gasteiger partial charge on any atom is 0.132 e. The van der Waals surface area contributed by atoms with Crippen molar-refractivity contribution >= 4 is 27.7 Å². The molecule has 15 heavy (non-hydrogen) atoms. The van der Waals surface area contributed by atoms with Crippen LogP contribution in [-0.2, 0) is 0 Å². The number of hydrogen-bond acceptors (Lipinski definition) is 2. The highest BCUT2D eigenvalue weighted by molar-refractivity contribution is 9.09. The van der Waals surface area contributed by atoms with Crippen molar-refractivity contribution in [2.75, 3.05) is 18.2 Å². The molecule has 1 aliphatic carbocycles. The molecule has 1 aromatic carbocycles. The SMILES string of the molecule is COc1ccccc1SCC1(CBr)CC1.